The number of ether oxygens (including phenoxy) is 1. The minimum atomic E-state index is -0.232. The van der Waals surface area contributed by atoms with E-state index in [2.05, 4.69) is 45.9 Å². The van der Waals surface area contributed by atoms with E-state index in [1.54, 1.807) is 31.4 Å². The van der Waals surface area contributed by atoms with Crippen molar-refractivity contribution < 1.29 is 9.53 Å². The molecule has 3 N–H and O–H groups in total. The number of ketones is 1. The number of nitrogens with zero attached hydrogens (tertiary/aromatic N) is 2. The molecule has 29 heavy (non-hydrogen) atoms. The molecule has 0 bridgehead atoms. The minimum absolute atomic E-state index is 0.0202. The van der Waals surface area contributed by atoms with Crippen LogP contribution in [-0.4, -0.2) is 34.3 Å². The lowest BCUT2D eigenvalue weighted by Crippen LogP contribution is -2.39. The molecule has 7 heteroatoms. The van der Waals surface area contributed by atoms with Crippen LogP contribution in [0.1, 0.15) is 40.7 Å². The number of carbonyl (C=O) groups excluding carboxylic acids is 1. The second-order valence-electron chi connectivity index (χ2n) is 7.14. The molecule has 0 amide bonds. The van der Waals surface area contributed by atoms with Gasteiger partial charge in [0, 0.05) is 36.0 Å². The quantitative estimate of drug-likeness (QED) is 0.521. The van der Waals surface area contributed by atoms with Crippen molar-refractivity contribution in [3.63, 3.8) is 0 Å². The molecule has 6 nitrogen and oxygen atoms in total. The Morgan fingerprint density at radius 3 is 2.48 bits per heavy atom. The molecule has 0 radical (unpaired) electrons. The number of hydrogen-bond acceptors (Lipinski definition) is 7. The molecular weight excluding hydrogens is 384 g/mol. The summed E-state index contributed by atoms with van der Waals surface area (Å²) < 4.78 is 9.57. The van der Waals surface area contributed by atoms with Crippen LogP contribution in [0.15, 0.2) is 48.5 Å². The van der Waals surface area contributed by atoms with Gasteiger partial charge in [-0.3, -0.25) is 4.79 Å². The molecule has 0 aliphatic heterocycles. The highest BCUT2D eigenvalue weighted by Crippen LogP contribution is 2.19. The highest BCUT2D eigenvalue weighted by molar-refractivity contribution is 7.09. The van der Waals surface area contributed by atoms with Gasteiger partial charge in [0.1, 0.15) is 11.6 Å². The predicted octanol–water partition coefficient (Wildman–Crippen LogP) is 3.85. The van der Waals surface area contributed by atoms with Gasteiger partial charge in [0.05, 0.1) is 13.2 Å². The molecule has 0 aliphatic rings. The van der Waals surface area contributed by atoms with E-state index in [0.717, 1.165) is 11.6 Å². The van der Waals surface area contributed by atoms with Crippen molar-refractivity contribution in [1.29, 1.82) is 0 Å². The zero-order valence-electron chi connectivity index (χ0n) is 16.9. The van der Waals surface area contributed by atoms with Gasteiger partial charge in [-0.15, -0.1) is 0 Å². The van der Waals surface area contributed by atoms with Crippen molar-refractivity contribution >= 4 is 22.4 Å². The van der Waals surface area contributed by atoms with Crippen molar-refractivity contribution in [3.05, 3.63) is 71.0 Å². The van der Waals surface area contributed by atoms with E-state index in [-0.39, 0.29) is 24.3 Å². The van der Waals surface area contributed by atoms with E-state index in [4.69, 9.17) is 10.5 Å². The molecule has 0 saturated heterocycles. The fourth-order valence-electron chi connectivity index (χ4n) is 2.89. The molecule has 1 heterocycles. The topological polar surface area (TPSA) is 90.1 Å². The van der Waals surface area contributed by atoms with Crippen LogP contribution in [0, 0.1) is 6.92 Å². The maximum Gasteiger partial charge on any atom is 0.202 e. The first kappa shape index (κ1) is 21.0. The normalized spacial score (nSPS) is 13.0. The first-order chi connectivity index (χ1) is 13.9. The highest BCUT2D eigenvalue weighted by atomic mass is 32.1. The number of Topliss-reactive ketones (excluding diaryl/α,β-unsaturated/α-hetero) is 1. The molecule has 0 spiro atoms. The van der Waals surface area contributed by atoms with Crippen molar-refractivity contribution in [2.24, 2.45) is 5.73 Å². The number of hydrogen-bond donors (Lipinski definition) is 2. The van der Waals surface area contributed by atoms with Crippen LogP contribution < -0.4 is 15.8 Å². The van der Waals surface area contributed by atoms with Crippen molar-refractivity contribution in [2.45, 2.75) is 38.8 Å². The summed E-state index contributed by atoms with van der Waals surface area (Å²) in [5.41, 5.74) is 9.15. The van der Waals surface area contributed by atoms with E-state index >= 15 is 0 Å². The lowest BCUT2D eigenvalue weighted by atomic mass is 10.00. The largest absolute Gasteiger partial charge is 0.497 e. The molecule has 0 saturated carbocycles. The zero-order chi connectivity index (χ0) is 20.8. The summed E-state index contributed by atoms with van der Waals surface area (Å²) in [6.07, 6.45) is 0.947. The Labute approximate surface area is 175 Å². The third-order valence-electron chi connectivity index (χ3n) is 4.71. The highest BCUT2D eigenvalue weighted by Gasteiger charge is 2.20. The smallest absolute Gasteiger partial charge is 0.202 e. The monoisotopic (exact) mass is 410 g/mol. The van der Waals surface area contributed by atoms with Crippen LogP contribution in [0.25, 0.3) is 0 Å². The Morgan fingerprint density at radius 2 is 1.86 bits per heavy atom. The third kappa shape index (κ3) is 5.85. The van der Waals surface area contributed by atoms with Gasteiger partial charge >= 0.3 is 0 Å². The standard InChI is InChI=1S/C22H26N4O2S/c1-14-4-6-16(7-5-14)12-21-25-22(29-26-21)24-19(15(2)23)13-20(27)17-8-10-18(28-3)11-9-17/h4-11,15,19H,12-13,23H2,1-3H3,(H,24,25,26). The molecule has 2 atom stereocenters. The summed E-state index contributed by atoms with van der Waals surface area (Å²) >= 11 is 1.29. The van der Waals surface area contributed by atoms with Gasteiger partial charge in [-0.1, -0.05) is 29.8 Å². The summed E-state index contributed by atoms with van der Waals surface area (Å²) in [6, 6.07) is 15.0. The van der Waals surface area contributed by atoms with Crippen LogP contribution >= 0.6 is 11.5 Å². The van der Waals surface area contributed by atoms with Crippen LogP contribution in [-0.2, 0) is 6.42 Å². The molecule has 3 aromatic rings. The van der Waals surface area contributed by atoms with Gasteiger partial charge in [-0.2, -0.15) is 4.37 Å². The maximum absolute atomic E-state index is 12.7. The lowest BCUT2D eigenvalue weighted by Gasteiger charge is -2.21. The Hall–Kier alpha value is -2.77. The van der Waals surface area contributed by atoms with Gasteiger partial charge in [-0.05, 0) is 43.7 Å². The number of carbonyl (C=O) groups is 1. The number of benzene rings is 2. The fraction of sp³-hybridized carbons (Fsp3) is 0.318. The predicted molar refractivity (Wildman–Crippen MR) is 117 cm³/mol. The van der Waals surface area contributed by atoms with Crippen LogP contribution in [0.4, 0.5) is 5.13 Å². The molecule has 152 valence electrons. The fourth-order valence-corrected chi connectivity index (χ4v) is 3.54. The number of nitrogens with one attached hydrogen (secondary N) is 1. The summed E-state index contributed by atoms with van der Waals surface area (Å²) in [5.74, 6) is 1.50. The average Bonchev–Trinajstić information content (AvgIpc) is 3.16. The van der Waals surface area contributed by atoms with Gasteiger partial charge in [-0.25, -0.2) is 4.98 Å². The summed E-state index contributed by atoms with van der Waals surface area (Å²) in [5, 5.41) is 3.97. The van der Waals surface area contributed by atoms with Gasteiger partial charge in [0.25, 0.3) is 0 Å². The third-order valence-corrected chi connectivity index (χ3v) is 5.40. The van der Waals surface area contributed by atoms with E-state index in [1.807, 2.05) is 6.92 Å². The first-order valence-corrected chi connectivity index (χ1v) is 10.3. The number of anilines is 1. The van der Waals surface area contributed by atoms with E-state index in [1.165, 1.54) is 22.7 Å². The Balaban J connectivity index is 1.63. The van der Waals surface area contributed by atoms with Crippen LogP contribution in [0.3, 0.4) is 0 Å². The molecular formula is C22H26N4O2S. The summed E-state index contributed by atoms with van der Waals surface area (Å²) in [6.45, 7) is 3.95. The zero-order valence-corrected chi connectivity index (χ0v) is 17.7. The SMILES string of the molecule is COc1ccc(C(=O)CC(Nc2nc(Cc3ccc(C)cc3)ns2)C(C)N)cc1. The lowest BCUT2D eigenvalue weighted by molar-refractivity contribution is 0.0974. The number of rotatable bonds is 9. The van der Waals surface area contributed by atoms with Gasteiger partial charge in [0.15, 0.2) is 5.78 Å². The Kier molecular flexibility index (Phi) is 6.95. The molecule has 0 fully saturated rings. The minimum Gasteiger partial charge on any atom is -0.497 e. The summed E-state index contributed by atoms with van der Waals surface area (Å²) in [7, 11) is 1.60. The molecule has 0 aliphatic carbocycles. The number of aryl methyl sites for hydroxylation is 1. The molecule has 3 rings (SSSR count). The number of nitrogens with two attached hydrogens (primary N) is 1. The van der Waals surface area contributed by atoms with E-state index in [0.29, 0.717) is 17.1 Å². The summed E-state index contributed by atoms with van der Waals surface area (Å²) in [4.78, 5) is 17.2. The van der Waals surface area contributed by atoms with Crippen molar-refractivity contribution in [2.75, 3.05) is 12.4 Å². The van der Waals surface area contributed by atoms with Gasteiger partial charge in [0.2, 0.25) is 5.13 Å². The van der Waals surface area contributed by atoms with E-state index in [9.17, 15) is 4.79 Å². The second kappa shape index (κ2) is 9.62. The van der Waals surface area contributed by atoms with Gasteiger partial charge < -0.3 is 15.8 Å². The number of methoxy groups -OCH3 is 1. The first-order valence-electron chi connectivity index (χ1n) is 9.52. The Morgan fingerprint density at radius 1 is 1.17 bits per heavy atom. The molecule has 1 aromatic heterocycles. The van der Waals surface area contributed by atoms with Crippen molar-refractivity contribution in [3.8, 4) is 5.75 Å². The molecule has 2 unspecified atom stereocenters. The van der Waals surface area contributed by atoms with Crippen LogP contribution in [0.5, 0.6) is 5.75 Å². The van der Waals surface area contributed by atoms with Crippen LogP contribution in [0.2, 0.25) is 0 Å². The average molecular weight is 411 g/mol. The Bertz CT molecular complexity index is 936. The number of aromatic nitrogens is 2. The molecule has 2 aromatic carbocycles. The van der Waals surface area contributed by atoms with Crippen molar-refractivity contribution in [1.82, 2.24) is 9.36 Å². The maximum atomic E-state index is 12.7. The second-order valence-corrected chi connectivity index (χ2v) is 7.90. The van der Waals surface area contributed by atoms with E-state index < -0.39 is 0 Å².